The van der Waals surface area contributed by atoms with Crippen molar-refractivity contribution in [2.75, 3.05) is 38.8 Å². The Morgan fingerprint density at radius 1 is 1.23 bits per heavy atom. The summed E-state index contributed by atoms with van der Waals surface area (Å²) in [5.74, 6) is -0.211. The maximum absolute atomic E-state index is 11.4. The molecule has 0 radical (unpaired) electrons. The summed E-state index contributed by atoms with van der Waals surface area (Å²) in [6.07, 6.45) is 0.978. The van der Waals surface area contributed by atoms with Crippen LogP contribution in [0.25, 0.3) is 0 Å². The van der Waals surface area contributed by atoms with E-state index in [1.807, 2.05) is 6.92 Å². The third-order valence-electron chi connectivity index (χ3n) is 3.72. The quantitative estimate of drug-likeness (QED) is 0.567. The lowest BCUT2D eigenvalue weighted by Gasteiger charge is -2.13. The average Bonchev–Trinajstić information content (AvgIpc) is 3.00. The SMILES string of the molecule is CCCOCCOCCOc1cccc(O)c1C1=N[C@@](C)(C(=O)O)CS1. The molecule has 144 valence electrons. The van der Waals surface area contributed by atoms with Crippen molar-refractivity contribution >= 4 is 22.8 Å². The van der Waals surface area contributed by atoms with Crippen molar-refractivity contribution in [3.8, 4) is 11.5 Å². The van der Waals surface area contributed by atoms with Crippen LogP contribution in [0, 0.1) is 0 Å². The molecule has 1 aliphatic heterocycles. The van der Waals surface area contributed by atoms with Gasteiger partial charge in [-0.2, -0.15) is 0 Å². The predicted molar refractivity (Wildman–Crippen MR) is 101 cm³/mol. The van der Waals surface area contributed by atoms with Crippen molar-refractivity contribution in [2.24, 2.45) is 4.99 Å². The molecule has 0 saturated carbocycles. The molecule has 2 N–H and O–H groups in total. The molecule has 7 nitrogen and oxygen atoms in total. The van der Waals surface area contributed by atoms with Gasteiger partial charge in [0.15, 0.2) is 5.54 Å². The van der Waals surface area contributed by atoms with Gasteiger partial charge < -0.3 is 24.4 Å². The van der Waals surface area contributed by atoms with E-state index in [4.69, 9.17) is 14.2 Å². The highest BCUT2D eigenvalue weighted by atomic mass is 32.2. The van der Waals surface area contributed by atoms with E-state index in [1.165, 1.54) is 17.8 Å². The highest BCUT2D eigenvalue weighted by Crippen LogP contribution is 2.38. The fraction of sp³-hybridized carbons (Fsp3) is 0.556. The van der Waals surface area contributed by atoms with E-state index in [0.29, 0.717) is 48.5 Å². The van der Waals surface area contributed by atoms with Gasteiger partial charge in [-0.1, -0.05) is 13.0 Å². The summed E-state index contributed by atoms with van der Waals surface area (Å²) in [7, 11) is 0. The maximum atomic E-state index is 11.4. The molecule has 0 amide bonds. The first-order valence-electron chi connectivity index (χ1n) is 8.54. The summed E-state index contributed by atoms with van der Waals surface area (Å²) in [4.78, 5) is 15.7. The minimum absolute atomic E-state index is 0.0114. The van der Waals surface area contributed by atoms with Crippen molar-refractivity contribution in [2.45, 2.75) is 25.8 Å². The largest absolute Gasteiger partial charge is 0.507 e. The van der Waals surface area contributed by atoms with Gasteiger partial charge >= 0.3 is 5.97 Å². The Hall–Kier alpha value is -1.77. The Bertz CT molecular complexity index is 651. The van der Waals surface area contributed by atoms with Gasteiger partial charge in [0.25, 0.3) is 0 Å². The summed E-state index contributed by atoms with van der Waals surface area (Å²) in [6, 6.07) is 4.92. The lowest BCUT2D eigenvalue weighted by atomic mass is 10.1. The zero-order valence-corrected chi connectivity index (χ0v) is 15.9. The van der Waals surface area contributed by atoms with Gasteiger partial charge in [0.1, 0.15) is 23.1 Å². The van der Waals surface area contributed by atoms with E-state index < -0.39 is 11.5 Å². The molecule has 2 rings (SSSR count). The number of aromatic hydroxyl groups is 1. The molecule has 0 aliphatic carbocycles. The number of carboxylic acids is 1. The fourth-order valence-electron chi connectivity index (χ4n) is 2.27. The average molecular weight is 383 g/mol. The normalized spacial score (nSPS) is 19.4. The van der Waals surface area contributed by atoms with Gasteiger partial charge in [-0.15, -0.1) is 11.8 Å². The molecule has 26 heavy (non-hydrogen) atoms. The number of nitrogens with zero attached hydrogens (tertiary/aromatic N) is 1. The van der Waals surface area contributed by atoms with E-state index in [0.717, 1.165) is 13.0 Å². The van der Waals surface area contributed by atoms with Crippen LogP contribution in [-0.4, -0.2) is 65.6 Å². The van der Waals surface area contributed by atoms with Crippen LogP contribution in [0.4, 0.5) is 0 Å². The standard InChI is InChI=1S/C18H25NO6S/c1-3-7-23-8-9-24-10-11-25-14-6-4-5-13(20)15(14)16-19-18(2,12-26-16)17(21)22/h4-6,20H,3,7-12H2,1-2H3,(H,21,22)/t18-/m1/s1. The zero-order valence-electron chi connectivity index (χ0n) is 15.1. The van der Waals surface area contributed by atoms with Crippen molar-refractivity contribution in [1.82, 2.24) is 0 Å². The van der Waals surface area contributed by atoms with Crippen LogP contribution in [0.5, 0.6) is 11.5 Å². The van der Waals surface area contributed by atoms with Gasteiger partial charge in [0.05, 0.1) is 25.4 Å². The Labute approximate surface area is 157 Å². The van der Waals surface area contributed by atoms with Crippen LogP contribution in [0.15, 0.2) is 23.2 Å². The maximum Gasteiger partial charge on any atom is 0.332 e. The number of aliphatic carboxylic acids is 1. The van der Waals surface area contributed by atoms with Crippen LogP contribution < -0.4 is 4.74 Å². The second kappa shape index (κ2) is 9.80. The van der Waals surface area contributed by atoms with E-state index >= 15 is 0 Å². The Morgan fingerprint density at radius 3 is 2.58 bits per heavy atom. The van der Waals surface area contributed by atoms with Gasteiger partial charge in [-0.3, -0.25) is 4.99 Å². The number of ether oxygens (including phenoxy) is 3. The fourth-order valence-corrected chi connectivity index (χ4v) is 3.49. The number of rotatable bonds is 11. The number of thioether (sulfide) groups is 1. The highest BCUT2D eigenvalue weighted by Gasteiger charge is 2.39. The molecule has 0 saturated heterocycles. The minimum Gasteiger partial charge on any atom is -0.507 e. The molecule has 1 aromatic carbocycles. The minimum atomic E-state index is -1.19. The van der Waals surface area contributed by atoms with Gasteiger partial charge in [0.2, 0.25) is 0 Å². The molecule has 0 bridgehead atoms. The predicted octanol–water partition coefficient (Wildman–Crippen LogP) is 2.55. The van der Waals surface area contributed by atoms with Crippen LogP contribution in [-0.2, 0) is 14.3 Å². The lowest BCUT2D eigenvalue weighted by molar-refractivity contribution is -0.141. The van der Waals surface area contributed by atoms with Crippen LogP contribution in [0.2, 0.25) is 0 Å². The summed E-state index contributed by atoms with van der Waals surface area (Å²) >= 11 is 1.30. The van der Waals surface area contributed by atoms with Crippen LogP contribution >= 0.6 is 11.8 Å². The van der Waals surface area contributed by atoms with Crippen molar-refractivity contribution in [3.05, 3.63) is 23.8 Å². The summed E-state index contributed by atoms with van der Waals surface area (Å²) in [5.41, 5.74) is -0.769. The van der Waals surface area contributed by atoms with Crippen molar-refractivity contribution in [1.29, 1.82) is 0 Å². The number of aliphatic imine (C=N–C) groups is 1. The number of phenols is 1. The number of hydrogen-bond acceptors (Lipinski definition) is 7. The second-order valence-corrected chi connectivity index (χ2v) is 6.97. The second-order valence-electron chi connectivity index (χ2n) is 6.01. The summed E-state index contributed by atoms with van der Waals surface area (Å²) in [5, 5.41) is 20.0. The van der Waals surface area contributed by atoms with Crippen molar-refractivity contribution in [3.63, 3.8) is 0 Å². The number of benzene rings is 1. The molecule has 0 spiro atoms. The topological polar surface area (TPSA) is 97.6 Å². The Kier molecular flexibility index (Phi) is 7.74. The van der Waals surface area contributed by atoms with Gasteiger partial charge in [-0.25, -0.2) is 4.79 Å². The Morgan fingerprint density at radius 2 is 1.92 bits per heavy atom. The molecule has 1 aliphatic rings. The van der Waals surface area contributed by atoms with Crippen molar-refractivity contribution < 1.29 is 29.2 Å². The first kappa shape index (κ1) is 20.5. The molecule has 1 heterocycles. The Balaban J connectivity index is 1.95. The highest BCUT2D eigenvalue weighted by molar-refractivity contribution is 8.14. The molecule has 1 atom stereocenters. The van der Waals surface area contributed by atoms with E-state index in [2.05, 4.69) is 4.99 Å². The van der Waals surface area contributed by atoms with Gasteiger partial charge in [0, 0.05) is 12.4 Å². The summed E-state index contributed by atoms with van der Waals surface area (Å²) < 4.78 is 16.5. The third kappa shape index (κ3) is 5.36. The molecule has 0 unspecified atom stereocenters. The number of phenolic OH excluding ortho intramolecular Hbond substituents is 1. The first-order valence-corrected chi connectivity index (χ1v) is 9.53. The monoisotopic (exact) mass is 383 g/mol. The molecule has 0 aromatic heterocycles. The number of carboxylic acid groups (broad SMARTS) is 1. The molecule has 1 aromatic rings. The van der Waals surface area contributed by atoms with Crippen LogP contribution in [0.1, 0.15) is 25.8 Å². The van der Waals surface area contributed by atoms with Crippen LogP contribution in [0.3, 0.4) is 0 Å². The molecule has 8 heteroatoms. The van der Waals surface area contributed by atoms with E-state index in [9.17, 15) is 15.0 Å². The molecular weight excluding hydrogens is 358 g/mol. The third-order valence-corrected chi connectivity index (χ3v) is 5.00. The van der Waals surface area contributed by atoms with E-state index in [1.54, 1.807) is 19.1 Å². The molecule has 0 fully saturated rings. The summed E-state index contributed by atoms with van der Waals surface area (Å²) in [6.45, 7) is 6.07. The number of carbonyl (C=O) groups is 1. The number of hydrogen-bond donors (Lipinski definition) is 2. The zero-order chi connectivity index (χ0) is 19.0. The lowest BCUT2D eigenvalue weighted by Crippen LogP contribution is -2.33. The smallest absolute Gasteiger partial charge is 0.332 e. The van der Waals surface area contributed by atoms with E-state index in [-0.39, 0.29) is 5.75 Å². The van der Waals surface area contributed by atoms with Gasteiger partial charge in [-0.05, 0) is 25.5 Å². The first-order chi connectivity index (χ1) is 12.5. The molecular formula is C18H25NO6S.